The second kappa shape index (κ2) is 10.6. The zero-order valence-corrected chi connectivity index (χ0v) is 16.3. The first-order valence-corrected chi connectivity index (χ1v) is 9.68. The van der Waals surface area contributed by atoms with E-state index in [9.17, 15) is 4.39 Å². The summed E-state index contributed by atoms with van der Waals surface area (Å²) in [6.07, 6.45) is 4.39. The Balaban J connectivity index is 1.31. The number of hydrogen-bond acceptors (Lipinski definition) is 5. The third kappa shape index (κ3) is 6.16. The molecule has 2 heterocycles. The molecule has 1 saturated heterocycles. The van der Waals surface area contributed by atoms with Crippen molar-refractivity contribution in [2.75, 3.05) is 57.8 Å². The fourth-order valence-corrected chi connectivity index (χ4v) is 3.16. The number of rotatable bonds is 7. The first-order valence-electron chi connectivity index (χ1n) is 9.68. The average Bonchev–Trinajstić information content (AvgIpc) is 2.75. The molecule has 0 saturated carbocycles. The Morgan fingerprint density at radius 2 is 1.71 bits per heavy atom. The highest BCUT2D eigenvalue weighted by Crippen LogP contribution is 2.09. The van der Waals surface area contributed by atoms with Gasteiger partial charge in [0.15, 0.2) is 5.96 Å². The zero-order chi connectivity index (χ0) is 19.6. The molecule has 0 spiro atoms. The van der Waals surface area contributed by atoms with Gasteiger partial charge in [0, 0.05) is 65.3 Å². The van der Waals surface area contributed by atoms with E-state index in [-0.39, 0.29) is 5.82 Å². The molecule has 0 unspecified atom stereocenters. The maximum Gasteiger partial charge on any atom is 0.225 e. The van der Waals surface area contributed by atoms with Crippen LogP contribution in [0.2, 0.25) is 0 Å². The van der Waals surface area contributed by atoms with Crippen molar-refractivity contribution in [1.29, 1.82) is 0 Å². The normalized spacial score (nSPS) is 15.5. The molecular weight excluding hydrogens is 357 g/mol. The highest BCUT2D eigenvalue weighted by atomic mass is 19.1. The van der Waals surface area contributed by atoms with Gasteiger partial charge in [0.25, 0.3) is 0 Å². The fraction of sp³-hybridized carbons (Fsp3) is 0.450. The number of aromatic nitrogens is 2. The van der Waals surface area contributed by atoms with Crippen LogP contribution in [0.3, 0.4) is 0 Å². The molecule has 0 aliphatic carbocycles. The van der Waals surface area contributed by atoms with Crippen LogP contribution < -0.4 is 15.5 Å². The minimum absolute atomic E-state index is 0.202. The van der Waals surface area contributed by atoms with Crippen molar-refractivity contribution in [2.45, 2.75) is 6.42 Å². The molecule has 0 bridgehead atoms. The van der Waals surface area contributed by atoms with Gasteiger partial charge in [-0.05, 0) is 30.2 Å². The van der Waals surface area contributed by atoms with Gasteiger partial charge < -0.3 is 15.5 Å². The molecule has 1 fully saturated rings. The van der Waals surface area contributed by atoms with Crippen molar-refractivity contribution in [3.63, 3.8) is 0 Å². The molecular formula is C20H28FN7. The summed E-state index contributed by atoms with van der Waals surface area (Å²) in [4.78, 5) is 17.5. The summed E-state index contributed by atoms with van der Waals surface area (Å²) in [5, 5.41) is 6.65. The molecule has 1 aromatic carbocycles. The molecule has 3 rings (SSSR count). The number of halogens is 1. The smallest absolute Gasteiger partial charge is 0.225 e. The van der Waals surface area contributed by atoms with E-state index in [0.717, 1.165) is 69.7 Å². The Kier molecular flexibility index (Phi) is 7.54. The van der Waals surface area contributed by atoms with Crippen molar-refractivity contribution in [2.24, 2.45) is 4.99 Å². The highest BCUT2D eigenvalue weighted by Gasteiger charge is 2.18. The Morgan fingerprint density at radius 1 is 1.04 bits per heavy atom. The van der Waals surface area contributed by atoms with Crippen LogP contribution in [0, 0.1) is 5.82 Å². The van der Waals surface area contributed by atoms with Gasteiger partial charge in [0.05, 0.1) is 0 Å². The first kappa shape index (κ1) is 20.0. The number of hydrogen-bond donors (Lipinski definition) is 2. The van der Waals surface area contributed by atoms with E-state index in [1.807, 2.05) is 18.2 Å². The van der Waals surface area contributed by atoms with E-state index in [1.54, 1.807) is 19.4 Å². The maximum atomic E-state index is 12.9. The van der Waals surface area contributed by atoms with E-state index < -0.39 is 0 Å². The van der Waals surface area contributed by atoms with Gasteiger partial charge in [-0.3, -0.25) is 9.89 Å². The summed E-state index contributed by atoms with van der Waals surface area (Å²) in [6.45, 7) is 6.41. The SMILES string of the molecule is CN=C(NCCc1ccc(F)cc1)NCCN1CCN(c2ncccn2)CC1. The van der Waals surface area contributed by atoms with Gasteiger partial charge in [-0.1, -0.05) is 12.1 Å². The maximum absolute atomic E-state index is 12.9. The lowest BCUT2D eigenvalue weighted by atomic mass is 10.1. The predicted octanol–water partition coefficient (Wildman–Crippen LogP) is 1.15. The van der Waals surface area contributed by atoms with E-state index >= 15 is 0 Å². The van der Waals surface area contributed by atoms with Crippen LogP contribution in [0.1, 0.15) is 5.56 Å². The quantitative estimate of drug-likeness (QED) is 0.550. The van der Waals surface area contributed by atoms with Crippen LogP contribution >= 0.6 is 0 Å². The van der Waals surface area contributed by atoms with Gasteiger partial charge in [0.2, 0.25) is 5.95 Å². The fourth-order valence-electron chi connectivity index (χ4n) is 3.16. The van der Waals surface area contributed by atoms with E-state index in [0.29, 0.717) is 0 Å². The highest BCUT2D eigenvalue weighted by molar-refractivity contribution is 5.79. The van der Waals surface area contributed by atoms with E-state index in [2.05, 4.69) is 35.4 Å². The van der Waals surface area contributed by atoms with Crippen LogP contribution in [0.25, 0.3) is 0 Å². The second-order valence-corrected chi connectivity index (χ2v) is 6.68. The van der Waals surface area contributed by atoms with Crippen LogP contribution in [-0.4, -0.2) is 73.7 Å². The Bertz CT molecular complexity index is 728. The summed E-state index contributed by atoms with van der Waals surface area (Å²) in [5.74, 6) is 1.40. The van der Waals surface area contributed by atoms with Gasteiger partial charge >= 0.3 is 0 Å². The molecule has 2 N–H and O–H groups in total. The summed E-state index contributed by atoms with van der Waals surface area (Å²) in [7, 11) is 1.77. The number of nitrogens with zero attached hydrogens (tertiary/aromatic N) is 5. The molecule has 1 aliphatic heterocycles. The third-order valence-electron chi connectivity index (χ3n) is 4.77. The molecule has 28 heavy (non-hydrogen) atoms. The lowest BCUT2D eigenvalue weighted by Crippen LogP contribution is -2.49. The summed E-state index contributed by atoms with van der Waals surface area (Å²) in [6, 6.07) is 8.45. The lowest BCUT2D eigenvalue weighted by molar-refractivity contribution is 0.260. The van der Waals surface area contributed by atoms with Gasteiger partial charge in [-0.25, -0.2) is 14.4 Å². The van der Waals surface area contributed by atoms with Crippen LogP contribution in [0.15, 0.2) is 47.7 Å². The zero-order valence-electron chi connectivity index (χ0n) is 16.3. The summed E-state index contributed by atoms with van der Waals surface area (Å²) in [5.41, 5.74) is 1.10. The van der Waals surface area contributed by atoms with E-state index in [4.69, 9.17) is 0 Å². The topological polar surface area (TPSA) is 68.7 Å². The van der Waals surface area contributed by atoms with Crippen molar-refractivity contribution in [1.82, 2.24) is 25.5 Å². The average molecular weight is 385 g/mol. The van der Waals surface area contributed by atoms with Crippen LogP contribution in [-0.2, 0) is 6.42 Å². The third-order valence-corrected chi connectivity index (χ3v) is 4.77. The lowest BCUT2D eigenvalue weighted by Gasteiger charge is -2.34. The molecule has 1 aliphatic rings. The molecule has 1 aromatic heterocycles. The molecule has 0 amide bonds. The number of guanidine groups is 1. The molecule has 0 radical (unpaired) electrons. The van der Waals surface area contributed by atoms with Crippen LogP contribution in [0.5, 0.6) is 0 Å². The number of benzene rings is 1. The molecule has 150 valence electrons. The summed E-state index contributed by atoms with van der Waals surface area (Å²) >= 11 is 0. The summed E-state index contributed by atoms with van der Waals surface area (Å²) < 4.78 is 12.9. The standard InChI is InChI=1S/C20H28FN7/c1-22-19(23-10-7-17-3-5-18(21)6-4-17)24-11-12-27-13-15-28(16-14-27)20-25-8-2-9-26-20/h2-6,8-9H,7,10-16H2,1H3,(H2,22,23,24). The number of aliphatic imine (C=N–C) groups is 1. The minimum Gasteiger partial charge on any atom is -0.356 e. The predicted molar refractivity (Wildman–Crippen MR) is 110 cm³/mol. The molecule has 7 nitrogen and oxygen atoms in total. The minimum atomic E-state index is -0.202. The van der Waals surface area contributed by atoms with Crippen molar-refractivity contribution in [3.05, 3.63) is 54.1 Å². The second-order valence-electron chi connectivity index (χ2n) is 6.68. The van der Waals surface area contributed by atoms with Crippen molar-refractivity contribution in [3.8, 4) is 0 Å². The number of nitrogens with one attached hydrogen (secondary N) is 2. The molecule has 0 atom stereocenters. The van der Waals surface area contributed by atoms with E-state index in [1.165, 1.54) is 12.1 Å². The Labute approximate surface area is 165 Å². The molecule has 8 heteroatoms. The van der Waals surface area contributed by atoms with Crippen molar-refractivity contribution < 1.29 is 4.39 Å². The molecule has 2 aromatic rings. The van der Waals surface area contributed by atoms with Crippen molar-refractivity contribution >= 4 is 11.9 Å². The Hall–Kier alpha value is -2.74. The van der Waals surface area contributed by atoms with Gasteiger partial charge in [-0.2, -0.15) is 0 Å². The Morgan fingerprint density at radius 3 is 2.39 bits per heavy atom. The van der Waals surface area contributed by atoms with Crippen LogP contribution in [0.4, 0.5) is 10.3 Å². The monoisotopic (exact) mass is 385 g/mol. The largest absolute Gasteiger partial charge is 0.356 e. The number of piperazine rings is 1. The first-order chi connectivity index (χ1) is 13.7. The van der Waals surface area contributed by atoms with Gasteiger partial charge in [0.1, 0.15) is 5.82 Å². The van der Waals surface area contributed by atoms with Gasteiger partial charge in [-0.15, -0.1) is 0 Å². The number of anilines is 1.